The number of ether oxygens (including phenoxy) is 1. The van der Waals surface area contributed by atoms with Crippen LogP contribution in [0.25, 0.3) is 0 Å². The fourth-order valence-electron chi connectivity index (χ4n) is 1.88. The molecule has 1 aliphatic heterocycles. The van der Waals surface area contributed by atoms with Crippen molar-refractivity contribution in [2.45, 2.75) is 26.2 Å². The molecule has 1 fully saturated rings. The van der Waals surface area contributed by atoms with E-state index in [4.69, 9.17) is 9.84 Å². The molecule has 1 atom stereocenters. The molecule has 0 spiro atoms. The number of carbonyl (C=O) groups is 3. The lowest BCUT2D eigenvalue weighted by Gasteiger charge is -2.14. The lowest BCUT2D eigenvalue weighted by atomic mass is 10.1. The van der Waals surface area contributed by atoms with Crippen molar-refractivity contribution in [3.63, 3.8) is 0 Å². The molecule has 108 valence electrons. The van der Waals surface area contributed by atoms with E-state index in [9.17, 15) is 14.4 Å². The fourth-order valence-corrected chi connectivity index (χ4v) is 1.88. The average Bonchev–Trinajstić information content (AvgIpc) is 2.77. The molecule has 0 radical (unpaired) electrons. The molecule has 2 N–H and O–H groups in total. The largest absolute Gasteiger partial charge is 0.481 e. The van der Waals surface area contributed by atoms with Crippen LogP contribution in [0.15, 0.2) is 0 Å². The molecule has 7 heteroatoms. The summed E-state index contributed by atoms with van der Waals surface area (Å²) >= 11 is 0. The maximum atomic E-state index is 11.5. The number of aliphatic carboxylic acids is 1. The number of hydrogen-bond acceptors (Lipinski definition) is 5. The SMILES string of the molecule is CCCCOC(=O)NC(=O)CN1CCC(C(=O)O)C1. The Labute approximate surface area is 111 Å². The Balaban J connectivity index is 2.21. The van der Waals surface area contributed by atoms with Crippen molar-refractivity contribution in [3.05, 3.63) is 0 Å². The van der Waals surface area contributed by atoms with E-state index in [-0.39, 0.29) is 6.54 Å². The molecule has 0 aliphatic carbocycles. The van der Waals surface area contributed by atoms with Crippen LogP contribution in [0.1, 0.15) is 26.2 Å². The number of carboxylic acid groups (broad SMARTS) is 1. The third-order valence-electron chi connectivity index (χ3n) is 2.96. The number of alkyl carbamates (subject to hydrolysis) is 1. The molecule has 1 saturated heterocycles. The van der Waals surface area contributed by atoms with Gasteiger partial charge in [0.25, 0.3) is 0 Å². The van der Waals surface area contributed by atoms with Crippen molar-refractivity contribution in [1.82, 2.24) is 10.2 Å². The molecule has 0 aromatic rings. The van der Waals surface area contributed by atoms with Crippen LogP contribution in [0, 0.1) is 5.92 Å². The van der Waals surface area contributed by atoms with Crippen LogP contribution < -0.4 is 5.32 Å². The smallest absolute Gasteiger partial charge is 0.413 e. The predicted octanol–water partition coefficient (Wildman–Crippen LogP) is 0.446. The van der Waals surface area contributed by atoms with E-state index in [0.29, 0.717) is 26.1 Å². The molecule has 2 amide bonds. The summed E-state index contributed by atoms with van der Waals surface area (Å²) in [6.45, 7) is 3.18. The molecule has 1 rings (SSSR count). The van der Waals surface area contributed by atoms with Gasteiger partial charge in [0.2, 0.25) is 5.91 Å². The Morgan fingerprint density at radius 1 is 1.42 bits per heavy atom. The number of carbonyl (C=O) groups excluding carboxylic acids is 2. The third kappa shape index (κ3) is 5.69. The van der Waals surface area contributed by atoms with E-state index in [1.54, 1.807) is 4.90 Å². The van der Waals surface area contributed by atoms with Gasteiger partial charge in [0.1, 0.15) is 0 Å². The highest BCUT2D eigenvalue weighted by molar-refractivity contribution is 5.92. The average molecular weight is 272 g/mol. The van der Waals surface area contributed by atoms with Crippen molar-refractivity contribution in [3.8, 4) is 0 Å². The number of nitrogens with one attached hydrogen (secondary N) is 1. The van der Waals surface area contributed by atoms with Gasteiger partial charge in [-0.25, -0.2) is 4.79 Å². The van der Waals surface area contributed by atoms with Gasteiger partial charge in [0.05, 0.1) is 19.1 Å². The van der Waals surface area contributed by atoms with Crippen molar-refractivity contribution < 1.29 is 24.2 Å². The maximum Gasteiger partial charge on any atom is 0.413 e. The molecule has 0 aromatic heterocycles. The van der Waals surface area contributed by atoms with Crippen LogP contribution in [0.3, 0.4) is 0 Å². The van der Waals surface area contributed by atoms with Crippen molar-refractivity contribution in [1.29, 1.82) is 0 Å². The highest BCUT2D eigenvalue weighted by Crippen LogP contribution is 2.15. The van der Waals surface area contributed by atoms with Gasteiger partial charge in [0, 0.05) is 6.54 Å². The second-order valence-corrected chi connectivity index (χ2v) is 4.60. The Morgan fingerprint density at radius 3 is 2.74 bits per heavy atom. The van der Waals surface area contributed by atoms with Crippen LogP contribution in [0.5, 0.6) is 0 Å². The molecule has 0 bridgehead atoms. The molecule has 7 nitrogen and oxygen atoms in total. The van der Waals surface area contributed by atoms with Gasteiger partial charge in [0.15, 0.2) is 0 Å². The number of nitrogens with zero attached hydrogens (tertiary/aromatic N) is 1. The molecule has 19 heavy (non-hydrogen) atoms. The van der Waals surface area contributed by atoms with E-state index in [1.807, 2.05) is 6.92 Å². The summed E-state index contributed by atoms with van der Waals surface area (Å²) in [5.41, 5.74) is 0. The van der Waals surface area contributed by atoms with E-state index in [0.717, 1.165) is 12.8 Å². The summed E-state index contributed by atoms with van der Waals surface area (Å²) in [6.07, 6.45) is 1.45. The van der Waals surface area contributed by atoms with Gasteiger partial charge in [-0.1, -0.05) is 13.3 Å². The fraction of sp³-hybridized carbons (Fsp3) is 0.750. The van der Waals surface area contributed by atoms with Gasteiger partial charge in [-0.3, -0.25) is 19.8 Å². The van der Waals surface area contributed by atoms with E-state index in [1.165, 1.54) is 0 Å². The van der Waals surface area contributed by atoms with Crippen LogP contribution >= 0.6 is 0 Å². The number of hydrogen-bond donors (Lipinski definition) is 2. The third-order valence-corrected chi connectivity index (χ3v) is 2.96. The van der Waals surface area contributed by atoms with Gasteiger partial charge in [-0.2, -0.15) is 0 Å². The number of amides is 2. The lowest BCUT2D eigenvalue weighted by molar-refractivity contribution is -0.141. The first-order valence-electron chi connectivity index (χ1n) is 6.44. The summed E-state index contributed by atoms with van der Waals surface area (Å²) in [5, 5.41) is 11.0. The lowest BCUT2D eigenvalue weighted by Crippen LogP contribution is -2.39. The minimum atomic E-state index is -0.845. The Kier molecular flexibility index (Phi) is 6.27. The Bertz CT molecular complexity index is 345. The number of carboxylic acids is 1. The number of rotatable bonds is 6. The standard InChI is InChI=1S/C12H20N2O5/c1-2-3-6-19-12(18)13-10(15)8-14-5-4-9(7-14)11(16)17/h9H,2-8H2,1H3,(H,16,17)(H,13,15,18). The zero-order valence-corrected chi connectivity index (χ0v) is 11.1. The normalized spacial score (nSPS) is 19.1. The van der Waals surface area contributed by atoms with E-state index >= 15 is 0 Å². The minimum Gasteiger partial charge on any atom is -0.481 e. The molecule has 1 unspecified atom stereocenters. The van der Waals surface area contributed by atoms with Gasteiger partial charge in [-0.15, -0.1) is 0 Å². The van der Waals surface area contributed by atoms with E-state index < -0.39 is 23.9 Å². The van der Waals surface area contributed by atoms with Crippen LogP contribution in [-0.2, 0) is 14.3 Å². The second kappa shape index (κ2) is 7.73. The molecular formula is C12H20N2O5. The summed E-state index contributed by atoms with van der Waals surface area (Å²) in [5.74, 6) is -1.74. The number of imide groups is 1. The number of unbranched alkanes of at least 4 members (excludes halogenated alkanes) is 1. The molecule has 0 saturated carbocycles. The van der Waals surface area contributed by atoms with Crippen molar-refractivity contribution in [2.75, 3.05) is 26.2 Å². The Morgan fingerprint density at radius 2 is 2.16 bits per heavy atom. The van der Waals surface area contributed by atoms with Gasteiger partial charge < -0.3 is 9.84 Å². The monoisotopic (exact) mass is 272 g/mol. The summed E-state index contributed by atoms with van der Waals surface area (Å²) < 4.78 is 4.79. The van der Waals surface area contributed by atoms with Gasteiger partial charge >= 0.3 is 12.1 Å². The predicted molar refractivity (Wildman–Crippen MR) is 66.6 cm³/mol. The van der Waals surface area contributed by atoms with Crippen molar-refractivity contribution in [2.24, 2.45) is 5.92 Å². The first-order chi connectivity index (χ1) is 9.02. The summed E-state index contributed by atoms with van der Waals surface area (Å²) in [4.78, 5) is 35.2. The molecule has 1 aliphatic rings. The van der Waals surface area contributed by atoms with Crippen molar-refractivity contribution >= 4 is 18.0 Å². The summed E-state index contributed by atoms with van der Waals surface area (Å²) in [7, 11) is 0. The molecule has 1 heterocycles. The highest BCUT2D eigenvalue weighted by Gasteiger charge is 2.29. The van der Waals surface area contributed by atoms with Crippen LogP contribution in [-0.4, -0.2) is 54.2 Å². The van der Waals surface area contributed by atoms with Crippen LogP contribution in [0.2, 0.25) is 0 Å². The highest BCUT2D eigenvalue weighted by atomic mass is 16.5. The number of likely N-dealkylation sites (tertiary alicyclic amines) is 1. The molecular weight excluding hydrogens is 252 g/mol. The van der Waals surface area contributed by atoms with Crippen LogP contribution in [0.4, 0.5) is 4.79 Å². The topological polar surface area (TPSA) is 95.9 Å². The second-order valence-electron chi connectivity index (χ2n) is 4.60. The first kappa shape index (κ1) is 15.4. The summed E-state index contributed by atoms with van der Waals surface area (Å²) in [6, 6.07) is 0. The minimum absolute atomic E-state index is 0.0205. The quantitative estimate of drug-likeness (QED) is 0.681. The zero-order valence-electron chi connectivity index (χ0n) is 11.1. The Hall–Kier alpha value is -1.63. The first-order valence-corrected chi connectivity index (χ1v) is 6.44. The van der Waals surface area contributed by atoms with Gasteiger partial charge in [-0.05, 0) is 19.4 Å². The zero-order chi connectivity index (χ0) is 14.3. The molecule has 0 aromatic carbocycles. The maximum absolute atomic E-state index is 11.5. The van der Waals surface area contributed by atoms with E-state index in [2.05, 4.69) is 5.32 Å².